The number of esters is 1. The van der Waals surface area contributed by atoms with Crippen LogP contribution in [0.2, 0.25) is 0 Å². The Morgan fingerprint density at radius 3 is 2.50 bits per heavy atom. The van der Waals surface area contributed by atoms with Crippen molar-refractivity contribution in [1.82, 2.24) is 10.7 Å². The Hall–Kier alpha value is -4.05. The van der Waals surface area contributed by atoms with Gasteiger partial charge < -0.3 is 14.8 Å². The molecule has 0 aliphatic heterocycles. The Morgan fingerprint density at radius 2 is 1.76 bits per heavy atom. The lowest BCUT2D eigenvalue weighted by molar-refractivity contribution is -0.120. The molecule has 0 aliphatic rings. The fourth-order valence-corrected chi connectivity index (χ4v) is 3.13. The molecule has 10 heteroatoms. The number of ether oxygens (including phenoxy) is 2. The number of hydrogen-bond acceptors (Lipinski definition) is 6. The molecule has 0 aliphatic carbocycles. The van der Waals surface area contributed by atoms with Crippen molar-refractivity contribution in [3.8, 4) is 11.5 Å². The van der Waals surface area contributed by atoms with Crippen molar-refractivity contribution < 1.29 is 28.2 Å². The average molecular weight is 528 g/mol. The van der Waals surface area contributed by atoms with Crippen molar-refractivity contribution in [2.75, 3.05) is 13.7 Å². The molecule has 0 unspecified atom stereocenters. The predicted octanol–water partition coefficient (Wildman–Crippen LogP) is 3.70. The number of carbonyl (C=O) groups is 3. The summed E-state index contributed by atoms with van der Waals surface area (Å²) in [5, 5.41) is 6.20. The number of methoxy groups -OCH3 is 1. The van der Waals surface area contributed by atoms with E-state index in [0.29, 0.717) is 16.9 Å². The van der Waals surface area contributed by atoms with Gasteiger partial charge in [0.25, 0.3) is 11.8 Å². The highest BCUT2D eigenvalue weighted by Crippen LogP contribution is 2.28. The number of halogens is 2. The Balaban J connectivity index is 1.54. The highest BCUT2D eigenvalue weighted by Gasteiger charge is 2.13. The van der Waals surface area contributed by atoms with E-state index in [-0.39, 0.29) is 17.9 Å². The van der Waals surface area contributed by atoms with Gasteiger partial charge in [-0.2, -0.15) is 5.10 Å². The van der Waals surface area contributed by atoms with Crippen LogP contribution < -0.4 is 20.2 Å². The molecule has 0 bridgehead atoms. The highest BCUT2D eigenvalue weighted by atomic mass is 79.9. The van der Waals surface area contributed by atoms with E-state index in [9.17, 15) is 18.8 Å². The fourth-order valence-electron chi connectivity index (χ4n) is 2.73. The second-order valence-corrected chi connectivity index (χ2v) is 7.71. The number of carbonyl (C=O) groups excluding carboxylic acids is 3. The van der Waals surface area contributed by atoms with Crippen LogP contribution in [0.1, 0.15) is 26.3 Å². The third-order valence-corrected chi connectivity index (χ3v) is 4.84. The number of nitrogens with zero attached hydrogens (tertiary/aromatic N) is 1. The summed E-state index contributed by atoms with van der Waals surface area (Å²) in [6.45, 7) is -0.347. The summed E-state index contributed by atoms with van der Waals surface area (Å²) < 4.78 is 24.6. The second-order valence-electron chi connectivity index (χ2n) is 6.80. The van der Waals surface area contributed by atoms with Crippen LogP contribution in [0.5, 0.6) is 11.5 Å². The number of benzene rings is 3. The molecular weight excluding hydrogens is 509 g/mol. The third-order valence-electron chi connectivity index (χ3n) is 4.35. The smallest absolute Gasteiger partial charge is 0.343 e. The van der Waals surface area contributed by atoms with Crippen LogP contribution in [0.25, 0.3) is 0 Å². The molecule has 3 rings (SSSR count). The van der Waals surface area contributed by atoms with Gasteiger partial charge in [0.2, 0.25) is 0 Å². The second kappa shape index (κ2) is 11.7. The lowest BCUT2D eigenvalue weighted by Crippen LogP contribution is -2.34. The summed E-state index contributed by atoms with van der Waals surface area (Å²) >= 11 is 3.31. The summed E-state index contributed by atoms with van der Waals surface area (Å²) in [6, 6.07) is 16.6. The van der Waals surface area contributed by atoms with Gasteiger partial charge >= 0.3 is 5.97 Å². The molecule has 0 aromatic heterocycles. The quantitative estimate of drug-likeness (QED) is 0.201. The van der Waals surface area contributed by atoms with Crippen LogP contribution in [0.4, 0.5) is 4.39 Å². The lowest BCUT2D eigenvalue weighted by atomic mass is 10.2. The van der Waals surface area contributed by atoms with Crippen molar-refractivity contribution in [2.24, 2.45) is 5.10 Å². The van der Waals surface area contributed by atoms with Crippen LogP contribution in [0, 0.1) is 5.82 Å². The van der Waals surface area contributed by atoms with Crippen LogP contribution in [-0.2, 0) is 4.79 Å². The first-order valence-corrected chi connectivity index (χ1v) is 10.7. The molecule has 0 heterocycles. The highest BCUT2D eigenvalue weighted by molar-refractivity contribution is 9.10. The van der Waals surface area contributed by atoms with Crippen molar-refractivity contribution in [2.45, 2.75) is 0 Å². The van der Waals surface area contributed by atoms with Crippen molar-refractivity contribution in [3.05, 3.63) is 93.7 Å². The van der Waals surface area contributed by atoms with E-state index in [1.165, 1.54) is 37.6 Å². The zero-order valence-corrected chi connectivity index (χ0v) is 19.5. The minimum absolute atomic E-state index is 0.101. The Morgan fingerprint density at radius 1 is 1.00 bits per heavy atom. The number of hydrazone groups is 1. The number of hydrogen-bond donors (Lipinski definition) is 2. The summed E-state index contributed by atoms with van der Waals surface area (Å²) in [7, 11) is 1.43. The zero-order chi connectivity index (χ0) is 24.5. The van der Waals surface area contributed by atoms with Crippen LogP contribution in [-0.4, -0.2) is 37.7 Å². The Bertz CT molecular complexity index is 1250. The molecule has 0 fully saturated rings. The molecule has 0 spiro atoms. The first-order chi connectivity index (χ1) is 16.4. The summed E-state index contributed by atoms with van der Waals surface area (Å²) in [5.74, 6) is -1.75. The van der Waals surface area contributed by atoms with E-state index in [2.05, 4.69) is 31.8 Å². The lowest BCUT2D eigenvalue weighted by Gasteiger charge is -2.10. The average Bonchev–Trinajstić information content (AvgIpc) is 2.83. The molecule has 0 atom stereocenters. The predicted molar refractivity (Wildman–Crippen MR) is 127 cm³/mol. The maximum atomic E-state index is 13.2. The maximum absolute atomic E-state index is 13.2. The van der Waals surface area contributed by atoms with Crippen LogP contribution in [0.15, 0.2) is 76.3 Å². The Labute approximate surface area is 202 Å². The standard InChI is InChI=1S/C24H19BrFN3O5/c1-33-21-10-15(8-9-20(21)34-24(32)17-5-2-6-18(25)11-17)13-28-29-22(30)14-27-23(31)16-4-3-7-19(26)12-16/h2-13H,14H2,1H3,(H,27,31)(H,29,30)/b28-13+. The van der Waals surface area contributed by atoms with Gasteiger partial charge in [-0.25, -0.2) is 14.6 Å². The molecular formula is C24H19BrFN3O5. The number of amides is 2. The zero-order valence-electron chi connectivity index (χ0n) is 17.9. The summed E-state index contributed by atoms with van der Waals surface area (Å²) in [5.41, 5.74) is 3.30. The Kier molecular flexibility index (Phi) is 8.47. The topological polar surface area (TPSA) is 106 Å². The normalized spacial score (nSPS) is 10.6. The minimum Gasteiger partial charge on any atom is -0.493 e. The molecule has 174 valence electrons. The van der Waals surface area contributed by atoms with Gasteiger partial charge in [-0.15, -0.1) is 0 Å². The van der Waals surface area contributed by atoms with Crippen molar-refractivity contribution in [1.29, 1.82) is 0 Å². The van der Waals surface area contributed by atoms with E-state index in [0.717, 1.165) is 10.5 Å². The molecule has 0 radical (unpaired) electrons. The van der Waals surface area contributed by atoms with E-state index in [1.54, 1.807) is 36.4 Å². The molecule has 8 nitrogen and oxygen atoms in total. The number of nitrogens with one attached hydrogen (secondary N) is 2. The summed E-state index contributed by atoms with van der Waals surface area (Å²) in [6.07, 6.45) is 1.36. The number of rotatable bonds is 8. The largest absolute Gasteiger partial charge is 0.493 e. The van der Waals surface area contributed by atoms with Gasteiger partial charge in [0.05, 0.1) is 25.4 Å². The monoisotopic (exact) mass is 527 g/mol. The molecule has 3 aromatic rings. The third kappa shape index (κ3) is 6.97. The molecule has 34 heavy (non-hydrogen) atoms. The molecule has 2 N–H and O–H groups in total. The minimum atomic E-state index is -0.587. The van der Waals surface area contributed by atoms with Gasteiger partial charge in [-0.1, -0.05) is 28.1 Å². The molecule has 3 aromatic carbocycles. The van der Waals surface area contributed by atoms with Crippen LogP contribution >= 0.6 is 15.9 Å². The van der Waals surface area contributed by atoms with E-state index in [4.69, 9.17) is 9.47 Å². The maximum Gasteiger partial charge on any atom is 0.343 e. The van der Waals surface area contributed by atoms with E-state index >= 15 is 0 Å². The summed E-state index contributed by atoms with van der Waals surface area (Å²) in [4.78, 5) is 36.2. The fraction of sp³-hybridized carbons (Fsp3) is 0.0833. The van der Waals surface area contributed by atoms with Crippen LogP contribution in [0.3, 0.4) is 0 Å². The molecule has 2 amide bonds. The SMILES string of the molecule is COc1cc(/C=N/NC(=O)CNC(=O)c2cccc(F)c2)ccc1OC(=O)c1cccc(Br)c1. The van der Waals surface area contributed by atoms with Gasteiger partial charge in [-0.05, 0) is 60.2 Å². The van der Waals surface area contributed by atoms with E-state index in [1.807, 2.05) is 0 Å². The molecule has 0 saturated heterocycles. The van der Waals surface area contributed by atoms with E-state index < -0.39 is 23.6 Å². The van der Waals surface area contributed by atoms with Crippen molar-refractivity contribution >= 4 is 39.9 Å². The first kappa shape index (κ1) is 24.6. The van der Waals surface area contributed by atoms with Crippen molar-refractivity contribution in [3.63, 3.8) is 0 Å². The van der Waals surface area contributed by atoms with Gasteiger partial charge in [0.15, 0.2) is 11.5 Å². The molecule has 0 saturated carbocycles. The van der Waals surface area contributed by atoms with Gasteiger partial charge in [0.1, 0.15) is 5.82 Å². The first-order valence-electron chi connectivity index (χ1n) is 9.87. The van der Waals surface area contributed by atoms with Gasteiger partial charge in [0, 0.05) is 10.0 Å². The van der Waals surface area contributed by atoms with Gasteiger partial charge in [-0.3, -0.25) is 9.59 Å².